The lowest BCUT2D eigenvalue weighted by Gasteiger charge is -2.33. The summed E-state index contributed by atoms with van der Waals surface area (Å²) in [7, 11) is 0. The highest BCUT2D eigenvalue weighted by Crippen LogP contribution is 2.36. The van der Waals surface area contributed by atoms with Crippen LogP contribution in [0, 0.1) is 5.92 Å². The highest BCUT2D eigenvalue weighted by molar-refractivity contribution is 6.10. The number of para-hydroxylation sites is 1. The first kappa shape index (κ1) is 20.1. The Bertz CT molecular complexity index is 949. The number of hydrogen-bond donors (Lipinski definition) is 2. The zero-order valence-corrected chi connectivity index (χ0v) is 17.2. The summed E-state index contributed by atoms with van der Waals surface area (Å²) >= 11 is 0. The molecule has 2 fully saturated rings. The quantitative estimate of drug-likeness (QED) is 0.744. The van der Waals surface area contributed by atoms with Crippen LogP contribution in [0.3, 0.4) is 0 Å². The molecule has 1 spiro atoms. The molecule has 1 aliphatic heterocycles. The van der Waals surface area contributed by atoms with Gasteiger partial charge < -0.3 is 10.6 Å². The normalized spacial score (nSPS) is 23.5. The molecule has 1 saturated heterocycles. The minimum Gasteiger partial charge on any atom is -0.324 e. The van der Waals surface area contributed by atoms with Crippen molar-refractivity contribution in [2.45, 2.75) is 44.6 Å². The van der Waals surface area contributed by atoms with Gasteiger partial charge in [-0.2, -0.15) is 0 Å². The second-order valence-electron chi connectivity index (χ2n) is 8.45. The molecule has 4 rings (SSSR count). The molecule has 30 heavy (non-hydrogen) atoms. The number of carbonyl (C=O) groups is 3. The number of anilines is 1. The summed E-state index contributed by atoms with van der Waals surface area (Å²) in [6.45, 7) is 1.88. The highest BCUT2D eigenvalue weighted by atomic mass is 16.2. The van der Waals surface area contributed by atoms with Gasteiger partial charge in [-0.3, -0.25) is 14.5 Å². The summed E-state index contributed by atoms with van der Waals surface area (Å²) in [6.07, 6.45) is 3.76. The number of amides is 4. The Hall–Kier alpha value is -3.15. The number of benzene rings is 2. The van der Waals surface area contributed by atoms with Crippen LogP contribution in [0.15, 0.2) is 54.6 Å². The average Bonchev–Trinajstić information content (AvgIpc) is 2.97. The SMILES string of the molecule is CC1CCC2(CC1)NC(=O)N(CC(=O)Nc1ccccc1Cc1ccccc1)C2=O. The van der Waals surface area contributed by atoms with Crippen molar-refractivity contribution in [3.05, 3.63) is 65.7 Å². The van der Waals surface area contributed by atoms with Gasteiger partial charge in [-0.1, -0.05) is 55.5 Å². The number of carbonyl (C=O) groups excluding carboxylic acids is 3. The van der Waals surface area contributed by atoms with E-state index in [0.717, 1.165) is 28.9 Å². The second-order valence-corrected chi connectivity index (χ2v) is 8.45. The minimum atomic E-state index is -0.824. The molecule has 0 atom stereocenters. The highest BCUT2D eigenvalue weighted by Gasteiger charge is 2.52. The molecule has 0 aromatic heterocycles. The van der Waals surface area contributed by atoms with Crippen molar-refractivity contribution in [1.82, 2.24) is 10.2 Å². The average molecular weight is 405 g/mol. The fourth-order valence-corrected chi connectivity index (χ4v) is 4.36. The Balaban J connectivity index is 1.43. The Morgan fingerprint density at radius 3 is 2.47 bits per heavy atom. The van der Waals surface area contributed by atoms with Crippen LogP contribution in [-0.4, -0.2) is 34.8 Å². The van der Waals surface area contributed by atoms with Crippen molar-refractivity contribution >= 4 is 23.5 Å². The summed E-state index contributed by atoms with van der Waals surface area (Å²) < 4.78 is 0. The molecular weight excluding hydrogens is 378 g/mol. The summed E-state index contributed by atoms with van der Waals surface area (Å²) in [4.78, 5) is 39.2. The van der Waals surface area contributed by atoms with Crippen LogP contribution >= 0.6 is 0 Å². The van der Waals surface area contributed by atoms with Crippen molar-refractivity contribution < 1.29 is 14.4 Å². The van der Waals surface area contributed by atoms with Crippen LogP contribution in [0.5, 0.6) is 0 Å². The van der Waals surface area contributed by atoms with Crippen LogP contribution < -0.4 is 10.6 Å². The van der Waals surface area contributed by atoms with Crippen LogP contribution in [0.2, 0.25) is 0 Å². The molecule has 0 bridgehead atoms. The van der Waals surface area contributed by atoms with Gasteiger partial charge in [-0.15, -0.1) is 0 Å². The molecule has 0 radical (unpaired) electrons. The maximum atomic E-state index is 13.0. The number of nitrogens with zero attached hydrogens (tertiary/aromatic N) is 1. The topological polar surface area (TPSA) is 78.5 Å². The van der Waals surface area contributed by atoms with Crippen molar-refractivity contribution in [1.29, 1.82) is 0 Å². The van der Waals surface area contributed by atoms with Gasteiger partial charge in [0.25, 0.3) is 5.91 Å². The first-order valence-corrected chi connectivity index (χ1v) is 10.5. The maximum Gasteiger partial charge on any atom is 0.325 e. The fraction of sp³-hybridized carbons (Fsp3) is 0.375. The third-order valence-electron chi connectivity index (χ3n) is 6.20. The third-order valence-corrected chi connectivity index (χ3v) is 6.20. The molecule has 4 amide bonds. The Morgan fingerprint density at radius 2 is 1.73 bits per heavy atom. The number of urea groups is 1. The molecule has 1 heterocycles. The molecule has 6 nitrogen and oxygen atoms in total. The molecule has 2 N–H and O–H groups in total. The first-order valence-electron chi connectivity index (χ1n) is 10.5. The van der Waals surface area contributed by atoms with Gasteiger partial charge in [-0.05, 0) is 55.2 Å². The van der Waals surface area contributed by atoms with Crippen LogP contribution in [-0.2, 0) is 16.0 Å². The van der Waals surface area contributed by atoms with E-state index in [9.17, 15) is 14.4 Å². The molecule has 2 aromatic rings. The van der Waals surface area contributed by atoms with Gasteiger partial charge in [0.2, 0.25) is 5.91 Å². The van der Waals surface area contributed by atoms with Crippen molar-refractivity contribution in [3.63, 3.8) is 0 Å². The summed E-state index contributed by atoms with van der Waals surface area (Å²) in [5, 5.41) is 5.74. The predicted molar refractivity (Wildman–Crippen MR) is 115 cm³/mol. The van der Waals surface area contributed by atoms with E-state index in [4.69, 9.17) is 0 Å². The van der Waals surface area contributed by atoms with E-state index in [2.05, 4.69) is 17.6 Å². The number of hydrogen-bond acceptors (Lipinski definition) is 3. The van der Waals surface area contributed by atoms with Crippen LogP contribution in [0.1, 0.15) is 43.7 Å². The van der Waals surface area contributed by atoms with E-state index in [0.29, 0.717) is 30.9 Å². The third kappa shape index (κ3) is 4.08. The standard InChI is InChI=1S/C24H27N3O3/c1-17-11-13-24(14-12-17)22(29)27(23(30)26-24)16-21(28)25-20-10-6-5-9-19(20)15-18-7-3-2-4-8-18/h2-10,17H,11-16H2,1H3,(H,25,28)(H,26,30). The zero-order valence-electron chi connectivity index (χ0n) is 17.2. The van der Waals surface area contributed by atoms with E-state index >= 15 is 0 Å². The van der Waals surface area contributed by atoms with Gasteiger partial charge in [0.15, 0.2) is 0 Å². The van der Waals surface area contributed by atoms with E-state index in [1.54, 1.807) is 0 Å². The lowest BCUT2D eigenvalue weighted by Crippen LogP contribution is -2.49. The summed E-state index contributed by atoms with van der Waals surface area (Å²) in [6, 6.07) is 17.1. The van der Waals surface area contributed by atoms with Crippen LogP contribution in [0.25, 0.3) is 0 Å². The fourth-order valence-electron chi connectivity index (χ4n) is 4.36. The van der Waals surface area contributed by atoms with Gasteiger partial charge in [0, 0.05) is 5.69 Å². The molecule has 156 valence electrons. The molecular formula is C24H27N3O3. The lowest BCUT2D eigenvalue weighted by molar-refractivity contribution is -0.135. The van der Waals surface area contributed by atoms with Crippen molar-refractivity contribution in [3.8, 4) is 0 Å². The summed E-state index contributed by atoms with van der Waals surface area (Å²) in [5.41, 5.74) is 1.99. The predicted octanol–water partition coefficient (Wildman–Crippen LogP) is 3.72. The Kier molecular flexibility index (Phi) is 5.57. The van der Waals surface area contributed by atoms with Gasteiger partial charge in [-0.25, -0.2) is 4.79 Å². The largest absolute Gasteiger partial charge is 0.325 e. The molecule has 2 aliphatic rings. The molecule has 6 heteroatoms. The summed E-state index contributed by atoms with van der Waals surface area (Å²) in [5.74, 6) is -0.0915. The van der Waals surface area contributed by atoms with Crippen molar-refractivity contribution in [2.24, 2.45) is 5.92 Å². The van der Waals surface area contributed by atoms with E-state index in [1.165, 1.54) is 0 Å². The number of rotatable bonds is 5. The Labute approximate surface area is 176 Å². The van der Waals surface area contributed by atoms with Crippen LogP contribution in [0.4, 0.5) is 10.5 Å². The number of imide groups is 1. The molecule has 1 aliphatic carbocycles. The number of nitrogens with one attached hydrogen (secondary N) is 2. The Morgan fingerprint density at radius 1 is 1.07 bits per heavy atom. The molecule has 1 saturated carbocycles. The smallest absolute Gasteiger partial charge is 0.324 e. The van der Waals surface area contributed by atoms with Gasteiger partial charge in [0.05, 0.1) is 0 Å². The van der Waals surface area contributed by atoms with E-state index in [1.807, 2.05) is 54.6 Å². The second kappa shape index (κ2) is 8.30. The van der Waals surface area contributed by atoms with E-state index < -0.39 is 11.6 Å². The van der Waals surface area contributed by atoms with Gasteiger partial charge in [0.1, 0.15) is 12.1 Å². The van der Waals surface area contributed by atoms with Gasteiger partial charge >= 0.3 is 6.03 Å². The first-order chi connectivity index (χ1) is 14.5. The molecule has 0 unspecified atom stereocenters. The monoisotopic (exact) mass is 405 g/mol. The minimum absolute atomic E-state index is 0.271. The molecule has 2 aromatic carbocycles. The van der Waals surface area contributed by atoms with E-state index in [-0.39, 0.29) is 18.4 Å². The maximum absolute atomic E-state index is 13.0. The lowest BCUT2D eigenvalue weighted by atomic mass is 9.77. The van der Waals surface area contributed by atoms with Crippen molar-refractivity contribution in [2.75, 3.05) is 11.9 Å². The zero-order chi connectivity index (χ0) is 21.1.